The highest BCUT2D eigenvalue weighted by Gasteiger charge is 2.41. The number of para-hydroxylation sites is 1. The number of hydrogen-bond donors (Lipinski definition) is 2. The van der Waals surface area contributed by atoms with E-state index in [1.807, 2.05) is 42.5 Å². The van der Waals surface area contributed by atoms with E-state index in [0.29, 0.717) is 11.3 Å². The molecule has 2 saturated carbocycles. The summed E-state index contributed by atoms with van der Waals surface area (Å²) in [7, 11) is 1.39. The van der Waals surface area contributed by atoms with E-state index in [1.54, 1.807) is 6.07 Å². The minimum atomic E-state index is -0.366. The third-order valence-electron chi connectivity index (χ3n) is 8.06. The van der Waals surface area contributed by atoms with Gasteiger partial charge in [0.1, 0.15) is 0 Å². The first-order valence-electron chi connectivity index (χ1n) is 12.9. The number of carbonyl (C=O) groups excluding carboxylic acids is 1. The molecule has 3 aromatic carbocycles. The lowest BCUT2D eigenvalue weighted by Gasteiger charge is -2.47. The molecule has 2 aliphatic rings. The Morgan fingerprint density at radius 2 is 1.50 bits per heavy atom. The molecule has 0 heterocycles. The zero-order chi connectivity index (χ0) is 25.3. The van der Waals surface area contributed by atoms with E-state index in [9.17, 15) is 4.79 Å². The van der Waals surface area contributed by atoms with Crippen LogP contribution in [0.15, 0.2) is 66.7 Å². The van der Waals surface area contributed by atoms with Crippen LogP contribution in [-0.4, -0.2) is 13.1 Å². The molecule has 2 unspecified atom stereocenters. The van der Waals surface area contributed by atoms with Crippen LogP contribution in [0.25, 0.3) is 0 Å². The molecule has 2 atom stereocenters. The molecule has 0 amide bonds. The van der Waals surface area contributed by atoms with Crippen LogP contribution in [-0.2, 0) is 10.2 Å². The second kappa shape index (κ2) is 10.2. The number of fused-ring (bicyclic) bond motifs is 2. The summed E-state index contributed by atoms with van der Waals surface area (Å²) < 4.78 is 4.89. The topological polar surface area (TPSA) is 50.4 Å². The van der Waals surface area contributed by atoms with Gasteiger partial charge in [-0.3, -0.25) is 0 Å². The van der Waals surface area contributed by atoms with Crippen molar-refractivity contribution in [1.82, 2.24) is 0 Å². The number of rotatable bonds is 6. The van der Waals surface area contributed by atoms with Crippen LogP contribution in [0.3, 0.4) is 0 Å². The van der Waals surface area contributed by atoms with Crippen LogP contribution in [0, 0.1) is 17.8 Å². The van der Waals surface area contributed by atoms with Gasteiger partial charge in [-0.15, -0.1) is 0 Å². The van der Waals surface area contributed by atoms with Gasteiger partial charge >= 0.3 is 5.97 Å². The average molecular weight is 503 g/mol. The van der Waals surface area contributed by atoms with Crippen LogP contribution in [0.5, 0.6) is 0 Å². The Balaban J connectivity index is 1.27. The normalized spacial score (nSPS) is 25.2. The van der Waals surface area contributed by atoms with Gasteiger partial charge in [0.2, 0.25) is 0 Å². The number of carbonyl (C=O) groups is 1. The quantitative estimate of drug-likeness (QED) is 0.331. The largest absolute Gasteiger partial charge is 0.465 e. The van der Waals surface area contributed by atoms with Crippen molar-refractivity contribution in [2.45, 2.75) is 51.4 Å². The third kappa shape index (κ3) is 5.24. The number of methoxy groups -OCH3 is 1. The zero-order valence-corrected chi connectivity index (χ0v) is 22.1. The minimum Gasteiger partial charge on any atom is -0.465 e. The SMILES string of the molecule is COC(=O)c1ccccc1Nc1ccc(Nc2ccc(C3(C)CC4CC(C)CC(C4)C3)cc2Cl)cc1. The molecule has 2 fully saturated rings. The Morgan fingerprint density at radius 1 is 0.889 bits per heavy atom. The molecule has 5 rings (SSSR count). The summed E-state index contributed by atoms with van der Waals surface area (Å²) >= 11 is 6.79. The molecular weight excluding hydrogens is 468 g/mol. The highest BCUT2D eigenvalue weighted by Crippen LogP contribution is 2.51. The lowest BCUT2D eigenvalue weighted by Crippen LogP contribution is -2.38. The molecule has 0 radical (unpaired) electrons. The number of halogens is 1. The van der Waals surface area contributed by atoms with E-state index in [-0.39, 0.29) is 11.4 Å². The van der Waals surface area contributed by atoms with Gasteiger partial charge in [-0.05, 0) is 109 Å². The van der Waals surface area contributed by atoms with Crippen molar-refractivity contribution in [2.24, 2.45) is 17.8 Å². The smallest absolute Gasteiger partial charge is 0.339 e. The monoisotopic (exact) mass is 502 g/mol. The Labute approximate surface area is 219 Å². The first-order chi connectivity index (χ1) is 17.3. The Kier molecular flexibility index (Phi) is 6.98. The van der Waals surface area contributed by atoms with Crippen LogP contribution in [0.2, 0.25) is 5.02 Å². The molecule has 2 N–H and O–H groups in total. The van der Waals surface area contributed by atoms with Crippen molar-refractivity contribution in [3.8, 4) is 0 Å². The lowest BCUT2D eigenvalue weighted by molar-refractivity contribution is 0.0602. The van der Waals surface area contributed by atoms with E-state index >= 15 is 0 Å². The van der Waals surface area contributed by atoms with Crippen molar-refractivity contribution < 1.29 is 9.53 Å². The molecule has 4 nitrogen and oxygen atoms in total. The van der Waals surface area contributed by atoms with Gasteiger partial charge < -0.3 is 15.4 Å². The molecule has 188 valence electrons. The van der Waals surface area contributed by atoms with Crippen molar-refractivity contribution >= 4 is 40.3 Å². The Morgan fingerprint density at radius 3 is 2.11 bits per heavy atom. The molecule has 36 heavy (non-hydrogen) atoms. The number of ether oxygens (including phenoxy) is 1. The summed E-state index contributed by atoms with van der Waals surface area (Å²) in [6, 6.07) is 21.8. The maximum Gasteiger partial charge on any atom is 0.339 e. The number of hydrogen-bond acceptors (Lipinski definition) is 4. The average Bonchev–Trinajstić information content (AvgIpc) is 2.85. The minimum absolute atomic E-state index is 0.212. The van der Waals surface area contributed by atoms with Crippen molar-refractivity contribution in [1.29, 1.82) is 0 Å². The van der Waals surface area contributed by atoms with E-state index < -0.39 is 0 Å². The number of anilines is 4. The number of esters is 1. The first-order valence-corrected chi connectivity index (χ1v) is 13.3. The van der Waals surface area contributed by atoms with Crippen LogP contribution in [0.4, 0.5) is 22.7 Å². The molecule has 0 aliphatic heterocycles. The summed E-state index contributed by atoms with van der Waals surface area (Å²) in [4.78, 5) is 12.0. The molecule has 5 heteroatoms. The van der Waals surface area contributed by atoms with Gasteiger partial charge in [0, 0.05) is 11.4 Å². The van der Waals surface area contributed by atoms with Gasteiger partial charge in [0.05, 0.1) is 29.1 Å². The highest BCUT2D eigenvalue weighted by atomic mass is 35.5. The second-order valence-electron chi connectivity index (χ2n) is 11.1. The summed E-state index contributed by atoms with van der Waals surface area (Å²) in [6.07, 6.45) is 6.69. The second-order valence-corrected chi connectivity index (χ2v) is 11.5. The maximum absolute atomic E-state index is 12.0. The lowest BCUT2D eigenvalue weighted by atomic mass is 9.57. The third-order valence-corrected chi connectivity index (χ3v) is 8.37. The molecule has 0 spiro atoms. The molecule has 3 aromatic rings. The van der Waals surface area contributed by atoms with E-state index in [4.69, 9.17) is 16.3 Å². The Bertz CT molecular complexity index is 1220. The van der Waals surface area contributed by atoms with Gasteiger partial charge in [-0.2, -0.15) is 0 Å². The standard InChI is InChI=1S/C31H35ClN2O2/c1-20-14-21-16-22(15-20)19-31(2,18-21)23-8-13-29(27(32)17-23)34-25-11-9-24(10-12-25)33-28-7-5-4-6-26(28)30(35)36-3/h4-13,17,20-22,33-34H,14-16,18-19H2,1-3H3. The van der Waals surface area contributed by atoms with Crippen LogP contribution < -0.4 is 10.6 Å². The molecule has 2 aliphatic carbocycles. The summed E-state index contributed by atoms with van der Waals surface area (Å²) in [6.45, 7) is 4.86. The summed E-state index contributed by atoms with van der Waals surface area (Å²) in [5, 5.41) is 7.52. The van der Waals surface area contributed by atoms with Gasteiger partial charge in [-0.25, -0.2) is 4.79 Å². The highest BCUT2D eigenvalue weighted by molar-refractivity contribution is 6.33. The number of benzene rings is 3. The Hall–Kier alpha value is -2.98. The van der Waals surface area contributed by atoms with Crippen LogP contribution in [0.1, 0.15) is 61.9 Å². The fraction of sp³-hybridized carbons (Fsp3) is 0.387. The van der Waals surface area contributed by atoms with E-state index in [1.165, 1.54) is 44.8 Å². The van der Waals surface area contributed by atoms with Gasteiger partial charge in [0.25, 0.3) is 0 Å². The predicted octanol–water partition coefficient (Wildman–Crippen LogP) is 8.72. The predicted molar refractivity (Wildman–Crippen MR) is 149 cm³/mol. The molecule has 2 bridgehead atoms. The van der Waals surface area contributed by atoms with Crippen molar-refractivity contribution in [3.05, 3.63) is 82.9 Å². The van der Waals surface area contributed by atoms with Gasteiger partial charge in [0.15, 0.2) is 0 Å². The molecule has 0 saturated heterocycles. The van der Waals surface area contributed by atoms with Crippen LogP contribution >= 0.6 is 11.6 Å². The fourth-order valence-electron chi connectivity index (χ4n) is 6.64. The molecular formula is C31H35ClN2O2. The summed E-state index contributed by atoms with van der Waals surface area (Å²) in [5.41, 5.74) is 5.52. The van der Waals surface area contributed by atoms with Crippen molar-refractivity contribution in [3.63, 3.8) is 0 Å². The van der Waals surface area contributed by atoms with E-state index in [2.05, 4.69) is 42.7 Å². The van der Waals surface area contributed by atoms with E-state index in [0.717, 1.165) is 39.8 Å². The maximum atomic E-state index is 12.0. The fourth-order valence-corrected chi connectivity index (χ4v) is 6.87. The van der Waals surface area contributed by atoms with Crippen molar-refractivity contribution in [2.75, 3.05) is 17.7 Å². The van der Waals surface area contributed by atoms with Gasteiger partial charge in [-0.1, -0.05) is 43.6 Å². The zero-order valence-electron chi connectivity index (χ0n) is 21.3. The number of nitrogens with one attached hydrogen (secondary N) is 2. The first kappa shape index (κ1) is 24.7. The molecule has 0 aromatic heterocycles. The summed E-state index contributed by atoms with van der Waals surface area (Å²) in [5.74, 6) is 2.20.